The third kappa shape index (κ3) is 2.28. The predicted molar refractivity (Wildman–Crippen MR) is 87.3 cm³/mol. The predicted octanol–water partition coefficient (Wildman–Crippen LogP) is 4.57. The van der Waals surface area contributed by atoms with Crippen LogP contribution < -0.4 is 0 Å². The van der Waals surface area contributed by atoms with Gasteiger partial charge in [0.25, 0.3) is 0 Å². The SMILES string of the molecule is COC(=O)c1c(SC)cc(-c2cccs2)c2c1CCS2. The third-order valence-corrected chi connectivity index (χ3v) is 6.17. The van der Waals surface area contributed by atoms with Crippen molar-refractivity contribution < 1.29 is 9.53 Å². The van der Waals surface area contributed by atoms with Crippen LogP contribution in [0.2, 0.25) is 0 Å². The van der Waals surface area contributed by atoms with Crippen molar-refractivity contribution in [1.29, 1.82) is 0 Å². The molecule has 104 valence electrons. The van der Waals surface area contributed by atoms with Crippen LogP contribution in [-0.2, 0) is 11.2 Å². The second kappa shape index (κ2) is 5.84. The zero-order chi connectivity index (χ0) is 14.1. The molecule has 0 fully saturated rings. The lowest BCUT2D eigenvalue weighted by Gasteiger charge is -2.14. The van der Waals surface area contributed by atoms with E-state index in [0.717, 1.165) is 28.2 Å². The number of benzene rings is 1. The van der Waals surface area contributed by atoms with Crippen molar-refractivity contribution in [2.75, 3.05) is 19.1 Å². The van der Waals surface area contributed by atoms with Gasteiger partial charge >= 0.3 is 5.97 Å². The fraction of sp³-hybridized carbons (Fsp3) is 0.267. The Kier molecular flexibility index (Phi) is 4.10. The molecule has 1 aliphatic rings. The first-order valence-corrected chi connectivity index (χ1v) is 9.34. The average molecular weight is 322 g/mol. The highest BCUT2D eigenvalue weighted by Crippen LogP contribution is 2.45. The Labute approximate surface area is 130 Å². The van der Waals surface area contributed by atoms with Crippen molar-refractivity contribution in [3.8, 4) is 10.4 Å². The topological polar surface area (TPSA) is 26.3 Å². The summed E-state index contributed by atoms with van der Waals surface area (Å²) in [7, 11) is 1.45. The Hall–Kier alpha value is -0.910. The summed E-state index contributed by atoms with van der Waals surface area (Å²) >= 11 is 5.20. The molecule has 0 N–H and O–H groups in total. The molecule has 0 radical (unpaired) electrons. The Bertz CT molecular complexity index is 648. The summed E-state index contributed by atoms with van der Waals surface area (Å²) in [4.78, 5) is 15.6. The standard InChI is InChI=1S/C15H14O2S3/c1-17-15(16)13-9-5-7-20-14(9)10(8-12(13)18-2)11-4-3-6-19-11/h3-4,6,8H,5,7H2,1-2H3. The van der Waals surface area contributed by atoms with Gasteiger partial charge in [-0.05, 0) is 35.8 Å². The maximum Gasteiger partial charge on any atom is 0.339 e. The number of esters is 1. The number of fused-ring (bicyclic) bond motifs is 1. The van der Waals surface area contributed by atoms with Crippen LogP contribution in [0.1, 0.15) is 15.9 Å². The quantitative estimate of drug-likeness (QED) is 0.611. The van der Waals surface area contributed by atoms with Gasteiger partial charge in [0.15, 0.2) is 0 Å². The van der Waals surface area contributed by atoms with Crippen LogP contribution >= 0.6 is 34.9 Å². The number of thioether (sulfide) groups is 2. The number of methoxy groups -OCH3 is 1. The van der Waals surface area contributed by atoms with Gasteiger partial charge in [0.2, 0.25) is 0 Å². The van der Waals surface area contributed by atoms with E-state index in [-0.39, 0.29) is 5.97 Å². The first-order chi connectivity index (χ1) is 9.76. The lowest BCUT2D eigenvalue weighted by Crippen LogP contribution is -2.08. The van der Waals surface area contributed by atoms with E-state index in [1.165, 1.54) is 22.4 Å². The van der Waals surface area contributed by atoms with Crippen LogP contribution in [0, 0.1) is 0 Å². The molecule has 5 heteroatoms. The van der Waals surface area contributed by atoms with Gasteiger partial charge in [-0.3, -0.25) is 0 Å². The molecule has 2 heterocycles. The number of hydrogen-bond acceptors (Lipinski definition) is 5. The summed E-state index contributed by atoms with van der Waals surface area (Å²) in [6.07, 6.45) is 2.95. The summed E-state index contributed by atoms with van der Waals surface area (Å²) in [5.41, 5.74) is 3.19. The van der Waals surface area contributed by atoms with Gasteiger partial charge in [-0.2, -0.15) is 0 Å². The van der Waals surface area contributed by atoms with Crippen LogP contribution in [0.15, 0.2) is 33.4 Å². The molecule has 0 saturated heterocycles. The molecule has 20 heavy (non-hydrogen) atoms. The molecular formula is C15H14O2S3. The molecule has 0 amide bonds. The largest absolute Gasteiger partial charge is 0.465 e. The summed E-state index contributed by atoms with van der Waals surface area (Å²) in [5.74, 6) is 0.820. The molecule has 0 atom stereocenters. The van der Waals surface area contributed by atoms with Crippen LogP contribution in [0.25, 0.3) is 10.4 Å². The van der Waals surface area contributed by atoms with Gasteiger partial charge in [0.05, 0.1) is 12.7 Å². The van der Waals surface area contributed by atoms with Crippen LogP contribution in [0.5, 0.6) is 0 Å². The van der Waals surface area contributed by atoms with Crippen molar-refractivity contribution in [3.63, 3.8) is 0 Å². The molecule has 1 aromatic heterocycles. The monoisotopic (exact) mass is 322 g/mol. The van der Waals surface area contributed by atoms with Crippen molar-refractivity contribution in [2.45, 2.75) is 16.2 Å². The Morgan fingerprint density at radius 2 is 2.30 bits per heavy atom. The number of hydrogen-bond donors (Lipinski definition) is 0. The lowest BCUT2D eigenvalue weighted by atomic mass is 10.0. The van der Waals surface area contributed by atoms with Crippen molar-refractivity contribution in [3.05, 3.63) is 34.7 Å². The minimum Gasteiger partial charge on any atom is -0.465 e. The fourth-order valence-corrected chi connectivity index (χ4v) is 5.13. The molecular weight excluding hydrogens is 308 g/mol. The second-order valence-corrected chi connectivity index (χ2v) is 7.28. The van der Waals surface area contributed by atoms with Crippen molar-refractivity contribution in [2.24, 2.45) is 0 Å². The lowest BCUT2D eigenvalue weighted by molar-refractivity contribution is 0.0595. The van der Waals surface area contributed by atoms with E-state index in [0.29, 0.717) is 0 Å². The minimum absolute atomic E-state index is 0.217. The summed E-state index contributed by atoms with van der Waals surface area (Å²) < 4.78 is 4.98. The van der Waals surface area contributed by atoms with E-state index in [1.807, 2.05) is 18.0 Å². The van der Waals surface area contributed by atoms with Gasteiger partial charge < -0.3 is 4.74 Å². The van der Waals surface area contributed by atoms with Crippen LogP contribution in [-0.4, -0.2) is 25.1 Å². The number of ether oxygens (including phenoxy) is 1. The Balaban J connectivity index is 2.26. The second-order valence-electron chi connectivity index (χ2n) is 4.38. The Morgan fingerprint density at radius 1 is 1.45 bits per heavy atom. The molecule has 0 spiro atoms. The molecule has 1 aromatic carbocycles. The highest BCUT2D eigenvalue weighted by atomic mass is 32.2. The zero-order valence-corrected chi connectivity index (χ0v) is 13.7. The average Bonchev–Trinajstić information content (AvgIpc) is 3.15. The molecule has 0 bridgehead atoms. The molecule has 2 nitrogen and oxygen atoms in total. The number of rotatable bonds is 3. The summed E-state index contributed by atoms with van der Waals surface area (Å²) in [6.45, 7) is 0. The van der Waals surface area contributed by atoms with E-state index >= 15 is 0 Å². The van der Waals surface area contributed by atoms with Crippen LogP contribution in [0.4, 0.5) is 0 Å². The highest BCUT2D eigenvalue weighted by Gasteiger charge is 2.27. The third-order valence-electron chi connectivity index (χ3n) is 3.34. The van der Waals surface area contributed by atoms with Crippen molar-refractivity contribution in [1.82, 2.24) is 0 Å². The maximum atomic E-state index is 12.1. The molecule has 0 saturated carbocycles. The molecule has 0 aliphatic carbocycles. The van der Waals surface area contributed by atoms with E-state index < -0.39 is 0 Å². The fourth-order valence-electron chi connectivity index (χ4n) is 2.45. The summed E-state index contributed by atoms with van der Waals surface area (Å²) in [5, 5.41) is 2.09. The molecule has 3 rings (SSSR count). The Morgan fingerprint density at radius 3 is 2.95 bits per heavy atom. The number of carbonyl (C=O) groups is 1. The zero-order valence-electron chi connectivity index (χ0n) is 11.3. The first-order valence-electron chi connectivity index (χ1n) is 6.25. The summed E-state index contributed by atoms with van der Waals surface area (Å²) in [6, 6.07) is 6.35. The normalized spacial score (nSPS) is 13.3. The minimum atomic E-state index is -0.217. The van der Waals surface area contributed by atoms with E-state index in [9.17, 15) is 4.79 Å². The van der Waals surface area contributed by atoms with Gasteiger partial charge in [-0.1, -0.05) is 6.07 Å². The molecule has 2 aromatic rings. The van der Waals surface area contributed by atoms with E-state index in [1.54, 1.807) is 23.1 Å². The van der Waals surface area contributed by atoms with Gasteiger partial charge in [0.1, 0.15) is 0 Å². The smallest absolute Gasteiger partial charge is 0.339 e. The number of thiophene rings is 1. The maximum absolute atomic E-state index is 12.1. The van der Waals surface area contributed by atoms with E-state index in [2.05, 4.69) is 23.6 Å². The van der Waals surface area contributed by atoms with Crippen LogP contribution in [0.3, 0.4) is 0 Å². The first kappa shape index (κ1) is 14.0. The van der Waals surface area contributed by atoms with Crippen molar-refractivity contribution >= 4 is 40.8 Å². The molecule has 0 unspecified atom stereocenters. The van der Waals surface area contributed by atoms with E-state index in [4.69, 9.17) is 4.74 Å². The highest BCUT2D eigenvalue weighted by molar-refractivity contribution is 8.00. The van der Waals surface area contributed by atoms with Gasteiger partial charge in [0, 0.05) is 26.0 Å². The van der Waals surface area contributed by atoms with Gasteiger partial charge in [-0.25, -0.2) is 4.79 Å². The molecule has 1 aliphatic heterocycles. The van der Waals surface area contributed by atoms with Gasteiger partial charge in [-0.15, -0.1) is 34.9 Å². The number of carbonyl (C=O) groups excluding carboxylic acids is 1.